The highest BCUT2D eigenvalue weighted by molar-refractivity contribution is 7.74. The summed E-state index contributed by atoms with van der Waals surface area (Å²) in [7, 11) is 0. The van der Waals surface area contributed by atoms with Crippen molar-refractivity contribution in [2.24, 2.45) is 0 Å². The van der Waals surface area contributed by atoms with Crippen molar-refractivity contribution in [3.05, 3.63) is 57.4 Å². The quantitative estimate of drug-likeness (QED) is 0.560. The Bertz CT molecular complexity index is 780. The molecule has 2 aromatic carbocycles. The van der Waals surface area contributed by atoms with Crippen molar-refractivity contribution in [2.45, 2.75) is 0 Å². The second-order valence-electron chi connectivity index (χ2n) is 3.80. The fraction of sp³-hybridized carbons (Fsp3) is 0. The number of para-hydroxylation sites is 1. The lowest BCUT2D eigenvalue weighted by molar-refractivity contribution is 1.45. The number of hydrogen-bond acceptors (Lipinski definition) is 3. The zero-order valence-electron chi connectivity index (χ0n) is 9.26. The van der Waals surface area contributed by atoms with E-state index in [-0.39, 0.29) is 0 Å². The van der Waals surface area contributed by atoms with E-state index >= 15 is 0 Å². The molecular weight excluding hydrogens is 282 g/mol. The molecule has 0 unspecified atom stereocenters. The molecule has 4 heteroatoms. The van der Waals surface area contributed by atoms with E-state index in [9.17, 15) is 0 Å². The molecule has 0 aliphatic heterocycles. The third kappa shape index (κ3) is 2.05. The number of halogens is 1. The highest BCUT2D eigenvalue weighted by atomic mass is 35.5. The van der Waals surface area contributed by atoms with Crippen molar-refractivity contribution in [3.8, 4) is 10.6 Å². The van der Waals surface area contributed by atoms with Gasteiger partial charge in [0.25, 0.3) is 0 Å². The van der Waals surface area contributed by atoms with E-state index in [0.717, 1.165) is 25.3 Å². The van der Waals surface area contributed by atoms with Crippen LogP contribution in [0.25, 0.3) is 21.5 Å². The monoisotopic (exact) mass is 289 g/mol. The Labute approximate surface area is 119 Å². The summed E-state index contributed by atoms with van der Waals surface area (Å²) >= 11 is 13.1. The molecule has 0 amide bonds. The minimum atomic E-state index is 0.700. The number of nitrogens with zero attached hydrogens (tertiary/aromatic N) is 1. The second-order valence-corrected chi connectivity index (χ2v) is 5.88. The molecule has 0 radical (unpaired) electrons. The normalized spacial score (nSPS) is 10.7. The Hall–Kier alpha value is -1.29. The first-order valence-corrected chi connectivity index (χ1v) is 7.01. The topological polar surface area (TPSA) is 12.9 Å². The van der Waals surface area contributed by atoms with Crippen LogP contribution in [0.5, 0.6) is 0 Å². The van der Waals surface area contributed by atoms with Crippen LogP contribution in [0.2, 0.25) is 5.02 Å². The summed E-state index contributed by atoms with van der Waals surface area (Å²) in [4.78, 5) is 4.63. The predicted molar refractivity (Wildman–Crippen MR) is 80.9 cm³/mol. The largest absolute Gasteiger partial charge is 0.237 e. The molecule has 0 spiro atoms. The fourth-order valence-electron chi connectivity index (χ4n) is 1.77. The van der Waals surface area contributed by atoms with Gasteiger partial charge >= 0.3 is 0 Å². The van der Waals surface area contributed by atoms with Gasteiger partial charge in [0.2, 0.25) is 0 Å². The molecule has 0 N–H and O–H groups in total. The van der Waals surface area contributed by atoms with E-state index < -0.39 is 0 Å². The van der Waals surface area contributed by atoms with Gasteiger partial charge in [-0.25, -0.2) is 4.98 Å². The summed E-state index contributed by atoms with van der Waals surface area (Å²) in [6.07, 6.45) is 0. The van der Waals surface area contributed by atoms with Gasteiger partial charge in [0.15, 0.2) is 0 Å². The summed E-state index contributed by atoms with van der Waals surface area (Å²) in [5.41, 5.74) is 1.84. The van der Waals surface area contributed by atoms with Gasteiger partial charge in [0.05, 0.1) is 10.5 Å². The highest BCUT2D eigenvalue weighted by Crippen LogP contribution is 2.31. The Balaban J connectivity index is 2.32. The minimum Gasteiger partial charge on any atom is -0.237 e. The van der Waals surface area contributed by atoms with Gasteiger partial charge in [0.1, 0.15) is 8.83 Å². The number of hydrogen-bond donors (Lipinski definition) is 0. The summed E-state index contributed by atoms with van der Waals surface area (Å²) in [6, 6.07) is 15.6. The molecule has 0 bridgehead atoms. The van der Waals surface area contributed by atoms with E-state index in [0.29, 0.717) is 5.02 Å². The van der Waals surface area contributed by atoms with Crippen LogP contribution in [0.4, 0.5) is 0 Å². The van der Waals surface area contributed by atoms with E-state index in [4.69, 9.17) is 23.8 Å². The third-order valence-electron chi connectivity index (χ3n) is 2.64. The van der Waals surface area contributed by atoms with Gasteiger partial charge in [-0.1, -0.05) is 60.2 Å². The van der Waals surface area contributed by atoms with Gasteiger partial charge in [0, 0.05) is 10.9 Å². The maximum absolute atomic E-state index is 6.19. The van der Waals surface area contributed by atoms with Crippen LogP contribution < -0.4 is 0 Å². The first-order valence-electron chi connectivity index (χ1n) is 5.40. The third-order valence-corrected chi connectivity index (χ3v) is 4.35. The van der Waals surface area contributed by atoms with Crippen molar-refractivity contribution in [2.75, 3.05) is 0 Å². The van der Waals surface area contributed by atoms with Crippen LogP contribution in [-0.4, -0.2) is 4.98 Å². The highest BCUT2D eigenvalue weighted by Gasteiger charge is 2.07. The molecule has 1 nitrogen and oxygen atoms in total. The summed E-state index contributed by atoms with van der Waals surface area (Å²) in [5, 5.41) is 2.59. The summed E-state index contributed by atoms with van der Waals surface area (Å²) < 4.78 is 0.843. The summed E-state index contributed by atoms with van der Waals surface area (Å²) in [6.45, 7) is 0. The predicted octanol–water partition coefficient (Wildman–Crippen LogP) is 5.35. The zero-order chi connectivity index (χ0) is 12.5. The molecule has 0 saturated heterocycles. The number of rotatable bonds is 1. The average molecular weight is 290 g/mol. The van der Waals surface area contributed by atoms with E-state index in [2.05, 4.69) is 4.98 Å². The average Bonchev–Trinajstić information content (AvgIpc) is 2.39. The smallest absolute Gasteiger partial charge is 0.126 e. The lowest BCUT2D eigenvalue weighted by Crippen LogP contribution is -1.84. The lowest BCUT2D eigenvalue weighted by Gasteiger charge is -2.04. The molecule has 1 aromatic heterocycles. The van der Waals surface area contributed by atoms with Crippen LogP contribution >= 0.6 is 35.2 Å². The molecule has 1 heterocycles. The molecule has 18 heavy (non-hydrogen) atoms. The minimum absolute atomic E-state index is 0.700. The Morgan fingerprint density at radius 2 is 1.72 bits per heavy atom. The second kappa shape index (κ2) is 4.76. The first kappa shape index (κ1) is 11.8. The van der Waals surface area contributed by atoms with E-state index in [1.165, 1.54) is 11.3 Å². The molecule has 0 aliphatic rings. The molecule has 3 aromatic rings. The van der Waals surface area contributed by atoms with Crippen LogP contribution in [-0.2, 0) is 0 Å². The molecule has 0 saturated carbocycles. The number of benzene rings is 2. The van der Waals surface area contributed by atoms with Crippen LogP contribution in [0.1, 0.15) is 0 Å². The van der Waals surface area contributed by atoms with Gasteiger partial charge in [-0.3, -0.25) is 0 Å². The maximum Gasteiger partial charge on any atom is 0.126 e. The Morgan fingerprint density at radius 3 is 2.56 bits per heavy atom. The molecule has 88 valence electrons. The standard InChI is InChI=1S/C14H8ClNS2/c15-11-7-3-1-5-9(11)13-16-12-8-4-2-6-10(12)14(17)18-13/h1-8H. The van der Waals surface area contributed by atoms with Crippen molar-refractivity contribution in [1.82, 2.24) is 4.98 Å². The van der Waals surface area contributed by atoms with Crippen molar-refractivity contribution in [1.29, 1.82) is 0 Å². The number of aromatic nitrogens is 1. The molecule has 0 atom stereocenters. The van der Waals surface area contributed by atoms with Crippen LogP contribution in [0.3, 0.4) is 0 Å². The van der Waals surface area contributed by atoms with Crippen LogP contribution in [0, 0.1) is 3.82 Å². The molecule has 0 aliphatic carbocycles. The number of fused-ring (bicyclic) bond motifs is 1. The van der Waals surface area contributed by atoms with Crippen molar-refractivity contribution >= 4 is 46.1 Å². The molecule has 3 rings (SSSR count). The maximum atomic E-state index is 6.19. The summed E-state index contributed by atoms with van der Waals surface area (Å²) in [5.74, 6) is 0. The van der Waals surface area contributed by atoms with E-state index in [1.54, 1.807) is 0 Å². The first-order chi connectivity index (χ1) is 8.75. The van der Waals surface area contributed by atoms with Crippen molar-refractivity contribution < 1.29 is 0 Å². The zero-order valence-corrected chi connectivity index (χ0v) is 11.6. The Morgan fingerprint density at radius 1 is 1.00 bits per heavy atom. The van der Waals surface area contributed by atoms with Gasteiger partial charge in [-0.05, 0) is 12.1 Å². The lowest BCUT2D eigenvalue weighted by atomic mass is 10.2. The van der Waals surface area contributed by atoms with Gasteiger partial charge in [-0.2, -0.15) is 0 Å². The van der Waals surface area contributed by atoms with Crippen LogP contribution in [0.15, 0.2) is 48.5 Å². The molecular formula is C14H8ClNS2. The molecule has 0 fully saturated rings. The van der Waals surface area contributed by atoms with Gasteiger partial charge in [-0.15, -0.1) is 11.3 Å². The Kier molecular flexibility index (Phi) is 3.12. The van der Waals surface area contributed by atoms with Gasteiger partial charge < -0.3 is 0 Å². The van der Waals surface area contributed by atoms with Crippen molar-refractivity contribution in [3.63, 3.8) is 0 Å². The van der Waals surface area contributed by atoms with E-state index in [1.807, 2.05) is 48.5 Å². The fourth-order valence-corrected chi connectivity index (χ4v) is 3.35. The SMILES string of the molecule is S=c1sc(-c2ccccc2Cl)nc2ccccc12.